The first kappa shape index (κ1) is 10.0. The van der Waals surface area contributed by atoms with E-state index in [1.807, 2.05) is 0 Å². The first-order valence-corrected chi connectivity index (χ1v) is 5.16. The Hall–Kier alpha value is -0.0400. The van der Waals surface area contributed by atoms with E-state index in [2.05, 4.69) is 6.92 Å². The Morgan fingerprint density at radius 1 is 1.25 bits per heavy atom. The number of hydrogen-bond donors (Lipinski definition) is 0. The lowest BCUT2D eigenvalue weighted by molar-refractivity contribution is 0.190. The third-order valence-corrected chi connectivity index (χ3v) is 3.00. The molecule has 0 spiro atoms. The fourth-order valence-corrected chi connectivity index (χ4v) is 2.06. The molecule has 0 heterocycles. The second-order valence-corrected chi connectivity index (χ2v) is 3.92. The molecule has 1 aliphatic rings. The smallest absolute Gasteiger partial charge is 0.0467 e. The average Bonchev–Trinajstić information content (AvgIpc) is 2.15. The van der Waals surface area contributed by atoms with E-state index in [0.29, 0.717) is 0 Å². The maximum Gasteiger partial charge on any atom is 0.0467 e. The Labute approximate surface area is 76.5 Å². The third kappa shape index (κ3) is 3.14. The summed E-state index contributed by atoms with van der Waals surface area (Å²) >= 11 is 0. The van der Waals surface area contributed by atoms with Crippen molar-refractivity contribution in [1.82, 2.24) is 0 Å². The second-order valence-electron chi connectivity index (χ2n) is 3.92. The van der Waals surface area contributed by atoms with Crippen molar-refractivity contribution in [1.29, 1.82) is 0 Å². The van der Waals surface area contributed by atoms with Crippen LogP contribution in [0.4, 0.5) is 0 Å². The van der Waals surface area contributed by atoms with Crippen molar-refractivity contribution in [2.45, 2.75) is 45.4 Å². The predicted molar refractivity (Wildman–Crippen MR) is 52.0 cm³/mol. The molecule has 71 valence electrons. The van der Waals surface area contributed by atoms with Crippen molar-refractivity contribution in [3.05, 3.63) is 5.92 Å². The molecule has 1 saturated carbocycles. The first-order chi connectivity index (χ1) is 5.84. The van der Waals surface area contributed by atoms with Crippen LogP contribution in [0.3, 0.4) is 0 Å². The van der Waals surface area contributed by atoms with E-state index in [0.717, 1.165) is 12.5 Å². The largest absolute Gasteiger partial charge is 0.385 e. The van der Waals surface area contributed by atoms with Gasteiger partial charge in [-0.1, -0.05) is 26.2 Å². The van der Waals surface area contributed by atoms with Crippen LogP contribution in [0.5, 0.6) is 0 Å². The zero-order valence-electron chi connectivity index (χ0n) is 8.44. The van der Waals surface area contributed by atoms with Gasteiger partial charge in [0.05, 0.1) is 0 Å². The van der Waals surface area contributed by atoms with Crippen LogP contribution in [0.15, 0.2) is 0 Å². The van der Waals surface area contributed by atoms with Crippen LogP contribution in [-0.2, 0) is 4.74 Å². The number of rotatable bonds is 4. The lowest BCUT2D eigenvalue weighted by atomic mass is 9.80. The maximum absolute atomic E-state index is 5.08. The molecule has 0 aromatic heterocycles. The monoisotopic (exact) mass is 169 g/mol. The molecular formula is C11H21O. The Balaban J connectivity index is 2.15. The van der Waals surface area contributed by atoms with Gasteiger partial charge in [0.2, 0.25) is 0 Å². The van der Waals surface area contributed by atoms with Gasteiger partial charge in [-0.3, -0.25) is 0 Å². The van der Waals surface area contributed by atoms with E-state index in [4.69, 9.17) is 4.74 Å². The third-order valence-electron chi connectivity index (χ3n) is 3.00. The van der Waals surface area contributed by atoms with Crippen molar-refractivity contribution in [2.24, 2.45) is 5.92 Å². The van der Waals surface area contributed by atoms with E-state index in [1.165, 1.54) is 38.5 Å². The summed E-state index contributed by atoms with van der Waals surface area (Å²) in [6.07, 6.45) is 8.35. The topological polar surface area (TPSA) is 9.23 Å². The van der Waals surface area contributed by atoms with Crippen LogP contribution in [0.2, 0.25) is 0 Å². The van der Waals surface area contributed by atoms with Crippen LogP contribution in [0.25, 0.3) is 0 Å². The van der Waals surface area contributed by atoms with Gasteiger partial charge < -0.3 is 4.74 Å². The standard InChI is InChI=1S/C11H21O/c1-10(8-9-12-2)11-6-4-3-5-7-11/h11H,3-9H2,1-2H3. The summed E-state index contributed by atoms with van der Waals surface area (Å²) in [5.74, 6) is 2.57. The lowest BCUT2D eigenvalue weighted by Gasteiger charge is -2.26. The molecule has 0 aromatic rings. The molecule has 1 radical (unpaired) electrons. The lowest BCUT2D eigenvalue weighted by Crippen LogP contribution is -2.14. The first-order valence-electron chi connectivity index (χ1n) is 5.16. The molecule has 0 bridgehead atoms. The Bertz CT molecular complexity index is 106. The van der Waals surface area contributed by atoms with E-state index in [9.17, 15) is 0 Å². The van der Waals surface area contributed by atoms with Gasteiger partial charge in [-0.15, -0.1) is 0 Å². The van der Waals surface area contributed by atoms with E-state index >= 15 is 0 Å². The molecule has 0 atom stereocenters. The molecule has 1 heteroatoms. The quantitative estimate of drug-likeness (QED) is 0.628. The Morgan fingerprint density at radius 2 is 1.92 bits per heavy atom. The predicted octanol–water partition coefficient (Wildman–Crippen LogP) is 3.20. The van der Waals surface area contributed by atoms with Gasteiger partial charge >= 0.3 is 0 Å². The second kappa shape index (κ2) is 5.58. The molecule has 12 heavy (non-hydrogen) atoms. The van der Waals surface area contributed by atoms with Crippen molar-refractivity contribution < 1.29 is 4.74 Å². The molecule has 1 fully saturated rings. The van der Waals surface area contributed by atoms with Crippen LogP contribution in [0.1, 0.15) is 45.4 Å². The van der Waals surface area contributed by atoms with Gasteiger partial charge in [-0.05, 0) is 31.1 Å². The summed E-state index contributed by atoms with van der Waals surface area (Å²) in [6.45, 7) is 3.21. The fraction of sp³-hybridized carbons (Fsp3) is 0.909. The van der Waals surface area contributed by atoms with Crippen LogP contribution < -0.4 is 0 Å². The van der Waals surface area contributed by atoms with Crippen molar-refractivity contribution >= 4 is 0 Å². The molecule has 0 saturated heterocycles. The molecule has 1 aliphatic carbocycles. The Kier molecular flexibility index (Phi) is 4.67. The average molecular weight is 169 g/mol. The van der Waals surface area contributed by atoms with Gasteiger partial charge in [-0.2, -0.15) is 0 Å². The molecule has 1 nitrogen and oxygen atoms in total. The van der Waals surface area contributed by atoms with Gasteiger partial charge in [-0.25, -0.2) is 0 Å². The van der Waals surface area contributed by atoms with E-state index in [-0.39, 0.29) is 0 Å². The molecule has 0 amide bonds. The SMILES string of the molecule is COCC[C](C)C1CCCCC1. The normalized spacial score (nSPS) is 20.2. The number of methoxy groups -OCH3 is 1. The minimum atomic E-state index is 0.905. The molecule has 0 N–H and O–H groups in total. The highest BCUT2D eigenvalue weighted by molar-refractivity contribution is 4.92. The summed E-state index contributed by atoms with van der Waals surface area (Å²) in [5.41, 5.74) is 0. The van der Waals surface area contributed by atoms with Gasteiger partial charge in [0, 0.05) is 13.7 Å². The van der Waals surface area contributed by atoms with Crippen molar-refractivity contribution in [3.63, 3.8) is 0 Å². The summed E-state index contributed by atoms with van der Waals surface area (Å²) in [5, 5.41) is 0. The van der Waals surface area contributed by atoms with Crippen molar-refractivity contribution in [2.75, 3.05) is 13.7 Å². The molecule has 1 rings (SSSR count). The maximum atomic E-state index is 5.08. The van der Waals surface area contributed by atoms with Crippen LogP contribution >= 0.6 is 0 Å². The molecule has 0 aliphatic heterocycles. The minimum absolute atomic E-state index is 0.905. The minimum Gasteiger partial charge on any atom is -0.385 e. The molecule has 0 unspecified atom stereocenters. The van der Waals surface area contributed by atoms with Crippen LogP contribution in [0, 0.1) is 11.8 Å². The summed E-state index contributed by atoms with van der Waals surface area (Å²) in [4.78, 5) is 0. The highest BCUT2D eigenvalue weighted by Crippen LogP contribution is 2.32. The zero-order chi connectivity index (χ0) is 8.81. The fourth-order valence-electron chi connectivity index (χ4n) is 2.06. The van der Waals surface area contributed by atoms with Gasteiger partial charge in [0.25, 0.3) is 0 Å². The molecular weight excluding hydrogens is 148 g/mol. The number of ether oxygens (including phenoxy) is 1. The molecule has 0 aromatic carbocycles. The zero-order valence-corrected chi connectivity index (χ0v) is 8.44. The van der Waals surface area contributed by atoms with Crippen molar-refractivity contribution in [3.8, 4) is 0 Å². The van der Waals surface area contributed by atoms with E-state index in [1.54, 1.807) is 13.0 Å². The number of hydrogen-bond acceptors (Lipinski definition) is 1. The highest BCUT2D eigenvalue weighted by Gasteiger charge is 2.19. The van der Waals surface area contributed by atoms with E-state index < -0.39 is 0 Å². The van der Waals surface area contributed by atoms with Gasteiger partial charge in [0.1, 0.15) is 0 Å². The summed E-state index contributed by atoms with van der Waals surface area (Å²) in [7, 11) is 1.79. The Morgan fingerprint density at radius 3 is 2.50 bits per heavy atom. The summed E-state index contributed by atoms with van der Waals surface area (Å²) in [6, 6.07) is 0. The van der Waals surface area contributed by atoms with Crippen LogP contribution in [-0.4, -0.2) is 13.7 Å². The summed E-state index contributed by atoms with van der Waals surface area (Å²) < 4.78 is 5.08. The highest BCUT2D eigenvalue weighted by atomic mass is 16.5. The van der Waals surface area contributed by atoms with Gasteiger partial charge in [0.15, 0.2) is 0 Å².